The van der Waals surface area contributed by atoms with Gasteiger partial charge in [-0.25, -0.2) is 0 Å². The highest BCUT2D eigenvalue weighted by molar-refractivity contribution is 5.94. The maximum absolute atomic E-state index is 7.22. The smallest absolute Gasteiger partial charge is 0.122 e. The van der Waals surface area contributed by atoms with Gasteiger partial charge in [0.15, 0.2) is 0 Å². The van der Waals surface area contributed by atoms with E-state index in [9.17, 15) is 0 Å². The van der Waals surface area contributed by atoms with Crippen molar-refractivity contribution in [1.82, 2.24) is 0 Å². The van der Waals surface area contributed by atoms with Gasteiger partial charge in [0.05, 0.1) is 0 Å². The summed E-state index contributed by atoms with van der Waals surface area (Å²) >= 11 is 0. The number of hydrogen-bond acceptors (Lipinski definition) is 1. The maximum atomic E-state index is 7.22. The minimum Gasteiger partial charge on any atom is -0.384 e. The van der Waals surface area contributed by atoms with E-state index in [1.807, 2.05) is 24.3 Å². The first kappa shape index (κ1) is 13.0. The maximum Gasteiger partial charge on any atom is 0.122 e. The van der Waals surface area contributed by atoms with E-state index < -0.39 is 0 Å². The van der Waals surface area contributed by atoms with Crippen molar-refractivity contribution in [2.45, 2.75) is 26.2 Å². The van der Waals surface area contributed by atoms with Gasteiger partial charge in [-0.3, -0.25) is 5.41 Å². The number of nitrogen functional groups attached to an aromatic ring is 1. The Morgan fingerprint density at radius 3 is 2.29 bits per heavy atom. The molecule has 1 rings (SSSR count). The van der Waals surface area contributed by atoms with Crippen LogP contribution in [-0.4, -0.2) is 5.84 Å². The molecule has 0 heterocycles. The molecular formula is C11H17ClN2. The Hall–Kier alpha value is -1.02. The normalized spacial score (nSPS) is 9.21. The molecule has 1 aromatic rings. The lowest BCUT2D eigenvalue weighted by molar-refractivity contribution is 0.795. The summed E-state index contributed by atoms with van der Waals surface area (Å²) in [4.78, 5) is 0. The largest absolute Gasteiger partial charge is 0.384 e. The number of unbranched alkanes of at least 4 members (excludes halogenated alkanes) is 1. The van der Waals surface area contributed by atoms with Gasteiger partial charge >= 0.3 is 0 Å². The Balaban J connectivity index is 0.00000169. The van der Waals surface area contributed by atoms with Crippen LogP contribution in [0.2, 0.25) is 0 Å². The zero-order valence-electron chi connectivity index (χ0n) is 8.42. The standard InChI is InChI=1S/C11H16N2.ClH/c1-2-3-4-9-5-7-10(8-6-9)11(12)13;/h5-8H,2-4H2,1H3,(H3,12,13);1H. The molecule has 0 aliphatic heterocycles. The van der Waals surface area contributed by atoms with Gasteiger partial charge < -0.3 is 5.73 Å². The highest BCUT2D eigenvalue weighted by atomic mass is 35.5. The molecule has 0 bridgehead atoms. The molecule has 0 amide bonds. The van der Waals surface area contributed by atoms with Crippen LogP contribution >= 0.6 is 12.4 Å². The van der Waals surface area contributed by atoms with Crippen LogP contribution in [0, 0.1) is 5.41 Å². The molecule has 3 N–H and O–H groups in total. The molecule has 14 heavy (non-hydrogen) atoms. The quantitative estimate of drug-likeness (QED) is 0.585. The fourth-order valence-electron chi connectivity index (χ4n) is 1.23. The van der Waals surface area contributed by atoms with Gasteiger partial charge in [0.25, 0.3) is 0 Å². The average Bonchev–Trinajstić information content (AvgIpc) is 2.15. The van der Waals surface area contributed by atoms with Crippen LogP contribution in [0.3, 0.4) is 0 Å². The fraction of sp³-hybridized carbons (Fsp3) is 0.364. The molecule has 0 saturated heterocycles. The first-order valence-electron chi connectivity index (χ1n) is 4.67. The zero-order valence-corrected chi connectivity index (χ0v) is 9.23. The third-order valence-corrected chi connectivity index (χ3v) is 2.08. The Morgan fingerprint density at radius 1 is 1.29 bits per heavy atom. The number of amidine groups is 1. The molecule has 1 aromatic carbocycles. The summed E-state index contributed by atoms with van der Waals surface area (Å²) in [5.41, 5.74) is 7.48. The van der Waals surface area contributed by atoms with E-state index in [1.54, 1.807) is 0 Å². The van der Waals surface area contributed by atoms with Crippen molar-refractivity contribution in [3.05, 3.63) is 35.4 Å². The lowest BCUT2D eigenvalue weighted by Gasteiger charge is -2.01. The lowest BCUT2D eigenvalue weighted by atomic mass is 10.1. The summed E-state index contributed by atoms with van der Waals surface area (Å²) in [5, 5.41) is 7.22. The van der Waals surface area contributed by atoms with E-state index in [-0.39, 0.29) is 18.2 Å². The number of benzene rings is 1. The van der Waals surface area contributed by atoms with Gasteiger partial charge in [-0.1, -0.05) is 37.6 Å². The van der Waals surface area contributed by atoms with Crippen molar-refractivity contribution in [3.8, 4) is 0 Å². The van der Waals surface area contributed by atoms with Crippen molar-refractivity contribution < 1.29 is 0 Å². The van der Waals surface area contributed by atoms with Crippen LogP contribution in [0.25, 0.3) is 0 Å². The van der Waals surface area contributed by atoms with E-state index in [4.69, 9.17) is 11.1 Å². The van der Waals surface area contributed by atoms with Gasteiger partial charge in [-0.15, -0.1) is 12.4 Å². The first-order chi connectivity index (χ1) is 6.24. The summed E-state index contributed by atoms with van der Waals surface area (Å²) in [7, 11) is 0. The van der Waals surface area contributed by atoms with E-state index in [1.165, 1.54) is 18.4 Å². The second kappa shape index (κ2) is 6.44. The minimum absolute atomic E-state index is 0. The number of aryl methyl sites for hydroxylation is 1. The number of nitrogens with two attached hydrogens (primary N) is 1. The number of hydrogen-bond donors (Lipinski definition) is 2. The van der Waals surface area contributed by atoms with Crippen molar-refractivity contribution in [2.75, 3.05) is 0 Å². The van der Waals surface area contributed by atoms with E-state index in [0.717, 1.165) is 12.0 Å². The van der Waals surface area contributed by atoms with Crippen LogP contribution in [0.1, 0.15) is 30.9 Å². The number of halogens is 1. The second-order valence-electron chi connectivity index (χ2n) is 3.21. The predicted molar refractivity (Wildman–Crippen MR) is 63.3 cm³/mol. The molecule has 0 radical (unpaired) electrons. The number of nitrogens with one attached hydrogen (secondary N) is 1. The molecule has 0 aliphatic carbocycles. The molecule has 0 spiro atoms. The van der Waals surface area contributed by atoms with Crippen molar-refractivity contribution >= 4 is 18.2 Å². The molecule has 0 aromatic heterocycles. The molecule has 0 unspecified atom stereocenters. The monoisotopic (exact) mass is 212 g/mol. The molecule has 2 nitrogen and oxygen atoms in total. The first-order valence-corrected chi connectivity index (χ1v) is 4.67. The van der Waals surface area contributed by atoms with Gasteiger partial charge in [-0.05, 0) is 18.4 Å². The molecule has 0 saturated carbocycles. The summed E-state index contributed by atoms with van der Waals surface area (Å²) < 4.78 is 0. The Labute approximate surface area is 91.4 Å². The molecule has 78 valence electrons. The third kappa shape index (κ3) is 3.79. The summed E-state index contributed by atoms with van der Waals surface area (Å²) in [5.74, 6) is 0.141. The summed E-state index contributed by atoms with van der Waals surface area (Å²) in [6.07, 6.45) is 3.56. The summed E-state index contributed by atoms with van der Waals surface area (Å²) in [6, 6.07) is 7.92. The van der Waals surface area contributed by atoms with E-state index in [2.05, 4.69) is 6.92 Å². The highest BCUT2D eigenvalue weighted by Crippen LogP contribution is 2.07. The Bertz CT molecular complexity index is 280. The Kier molecular flexibility index (Phi) is 5.97. The van der Waals surface area contributed by atoms with Crippen molar-refractivity contribution in [2.24, 2.45) is 5.73 Å². The van der Waals surface area contributed by atoms with Crippen molar-refractivity contribution in [1.29, 1.82) is 5.41 Å². The Morgan fingerprint density at radius 2 is 1.86 bits per heavy atom. The van der Waals surface area contributed by atoms with Crippen LogP contribution in [-0.2, 0) is 6.42 Å². The highest BCUT2D eigenvalue weighted by Gasteiger charge is 1.96. The van der Waals surface area contributed by atoms with Gasteiger partial charge in [0.2, 0.25) is 0 Å². The molecule has 0 fully saturated rings. The molecule has 3 heteroatoms. The minimum atomic E-state index is 0. The van der Waals surface area contributed by atoms with Crippen molar-refractivity contribution in [3.63, 3.8) is 0 Å². The van der Waals surface area contributed by atoms with Crippen LogP contribution < -0.4 is 5.73 Å². The van der Waals surface area contributed by atoms with E-state index in [0.29, 0.717) is 0 Å². The van der Waals surface area contributed by atoms with Crippen LogP contribution in [0.5, 0.6) is 0 Å². The fourth-order valence-corrected chi connectivity index (χ4v) is 1.23. The third-order valence-electron chi connectivity index (χ3n) is 2.08. The summed E-state index contributed by atoms with van der Waals surface area (Å²) in [6.45, 7) is 2.18. The SMILES string of the molecule is CCCCc1ccc(C(=N)N)cc1.Cl. The predicted octanol–water partition coefficient (Wildman–Crippen LogP) is 2.74. The zero-order chi connectivity index (χ0) is 9.68. The van der Waals surface area contributed by atoms with E-state index >= 15 is 0 Å². The van der Waals surface area contributed by atoms with Gasteiger partial charge in [0.1, 0.15) is 5.84 Å². The molecule has 0 atom stereocenters. The van der Waals surface area contributed by atoms with Crippen LogP contribution in [0.15, 0.2) is 24.3 Å². The topological polar surface area (TPSA) is 49.9 Å². The second-order valence-corrected chi connectivity index (χ2v) is 3.21. The lowest BCUT2D eigenvalue weighted by Crippen LogP contribution is -2.10. The average molecular weight is 213 g/mol. The molecular weight excluding hydrogens is 196 g/mol. The van der Waals surface area contributed by atoms with Gasteiger partial charge in [0, 0.05) is 5.56 Å². The number of rotatable bonds is 4. The van der Waals surface area contributed by atoms with Crippen LogP contribution in [0.4, 0.5) is 0 Å². The molecule has 0 aliphatic rings. The van der Waals surface area contributed by atoms with Gasteiger partial charge in [-0.2, -0.15) is 0 Å².